The van der Waals surface area contributed by atoms with Gasteiger partial charge in [0.05, 0.1) is 13.2 Å². The van der Waals surface area contributed by atoms with Gasteiger partial charge in [-0.2, -0.15) is 0 Å². The second-order valence-corrected chi connectivity index (χ2v) is 6.54. The van der Waals surface area contributed by atoms with Crippen molar-refractivity contribution < 1.29 is 14.3 Å². The third kappa shape index (κ3) is 5.07. The van der Waals surface area contributed by atoms with Crippen molar-refractivity contribution in [2.75, 3.05) is 25.6 Å². The number of methoxy groups -OCH3 is 1. The molecule has 0 radical (unpaired) electrons. The number of nitrogens with one attached hydrogen (secondary N) is 2. The van der Waals surface area contributed by atoms with E-state index in [0.717, 1.165) is 16.8 Å². The maximum atomic E-state index is 12.2. The van der Waals surface area contributed by atoms with Gasteiger partial charge in [0.2, 0.25) is 11.8 Å². The molecule has 0 unspecified atom stereocenters. The van der Waals surface area contributed by atoms with Crippen LogP contribution in [0.25, 0.3) is 0 Å². The van der Waals surface area contributed by atoms with Crippen molar-refractivity contribution in [3.8, 4) is 0 Å². The zero-order valence-corrected chi connectivity index (χ0v) is 14.3. The van der Waals surface area contributed by atoms with Crippen LogP contribution in [0.2, 0.25) is 0 Å². The molecule has 0 aliphatic carbocycles. The number of rotatable bonds is 6. The lowest BCUT2D eigenvalue weighted by molar-refractivity contribution is -0.122. The molecule has 124 valence electrons. The predicted molar refractivity (Wildman–Crippen MR) is 92.9 cm³/mol. The molecule has 0 saturated carbocycles. The summed E-state index contributed by atoms with van der Waals surface area (Å²) in [5.74, 6) is -0.355. The maximum Gasteiger partial charge on any atom is 0.240 e. The first-order valence-electron chi connectivity index (χ1n) is 7.37. The molecule has 1 saturated heterocycles. The van der Waals surface area contributed by atoms with Crippen LogP contribution >= 0.6 is 11.8 Å². The van der Waals surface area contributed by atoms with E-state index >= 15 is 0 Å². The molecule has 1 aliphatic heterocycles. The molecule has 1 fully saturated rings. The molecule has 0 spiro atoms. The summed E-state index contributed by atoms with van der Waals surface area (Å²) in [5.41, 5.74) is 2.85. The van der Waals surface area contributed by atoms with Crippen LogP contribution in [-0.4, -0.2) is 42.5 Å². The largest absolute Gasteiger partial charge is 0.383 e. The fourth-order valence-electron chi connectivity index (χ4n) is 2.09. The number of amides is 2. The summed E-state index contributed by atoms with van der Waals surface area (Å²) in [6.07, 6.45) is 0.118. The van der Waals surface area contributed by atoms with E-state index in [-0.39, 0.29) is 18.2 Å². The zero-order valence-electron chi connectivity index (χ0n) is 13.5. The van der Waals surface area contributed by atoms with Crippen molar-refractivity contribution in [3.05, 3.63) is 29.3 Å². The number of carbonyl (C=O) groups is 2. The van der Waals surface area contributed by atoms with Crippen LogP contribution in [0.15, 0.2) is 23.2 Å². The molecule has 6 nitrogen and oxygen atoms in total. The van der Waals surface area contributed by atoms with E-state index in [1.165, 1.54) is 11.8 Å². The predicted octanol–water partition coefficient (Wildman–Crippen LogP) is 1.87. The highest BCUT2D eigenvalue weighted by atomic mass is 32.2. The van der Waals surface area contributed by atoms with E-state index in [4.69, 9.17) is 4.74 Å². The Balaban J connectivity index is 1.91. The Labute approximate surface area is 140 Å². The maximum absolute atomic E-state index is 12.2. The van der Waals surface area contributed by atoms with E-state index in [9.17, 15) is 9.59 Å². The number of carbonyl (C=O) groups excluding carboxylic acids is 2. The molecule has 1 aromatic carbocycles. The summed E-state index contributed by atoms with van der Waals surface area (Å²) in [7, 11) is 1.60. The van der Waals surface area contributed by atoms with Gasteiger partial charge in [-0.3, -0.25) is 14.6 Å². The minimum Gasteiger partial charge on any atom is -0.383 e. The average molecular weight is 335 g/mol. The molecule has 1 aromatic rings. The fourth-order valence-corrected chi connectivity index (χ4v) is 3.09. The van der Waals surface area contributed by atoms with Gasteiger partial charge in [-0.05, 0) is 31.0 Å². The summed E-state index contributed by atoms with van der Waals surface area (Å²) >= 11 is 1.29. The van der Waals surface area contributed by atoms with Gasteiger partial charge in [-0.25, -0.2) is 0 Å². The van der Waals surface area contributed by atoms with Crippen LogP contribution in [0.5, 0.6) is 0 Å². The van der Waals surface area contributed by atoms with Crippen molar-refractivity contribution in [2.24, 2.45) is 4.99 Å². The smallest absolute Gasteiger partial charge is 0.240 e. The molecular formula is C16H21N3O3S. The monoisotopic (exact) mass is 335 g/mol. The molecule has 1 heterocycles. The number of amidine groups is 1. The third-order valence-electron chi connectivity index (χ3n) is 3.37. The van der Waals surface area contributed by atoms with E-state index < -0.39 is 5.25 Å². The summed E-state index contributed by atoms with van der Waals surface area (Å²) in [6, 6.07) is 5.88. The Morgan fingerprint density at radius 1 is 1.43 bits per heavy atom. The number of hydrogen-bond acceptors (Lipinski definition) is 5. The number of hydrogen-bond donors (Lipinski definition) is 2. The highest BCUT2D eigenvalue weighted by molar-refractivity contribution is 8.15. The van der Waals surface area contributed by atoms with Gasteiger partial charge in [-0.15, -0.1) is 0 Å². The molecule has 1 atom stereocenters. The standard InChI is InChI=1S/C16H21N3O3S/c1-10-4-5-11(2)12(8-10)18-14(20)9-13-15(21)19-16(23-13)17-6-7-22-3/h4-5,8,13H,6-7,9H2,1-3H3,(H,18,20)(H,17,19,21)/t13-/m0/s1. The molecule has 2 amide bonds. The number of benzene rings is 1. The Morgan fingerprint density at radius 2 is 2.22 bits per heavy atom. The summed E-state index contributed by atoms with van der Waals surface area (Å²) in [4.78, 5) is 28.3. The van der Waals surface area contributed by atoms with E-state index in [1.54, 1.807) is 7.11 Å². The number of aliphatic imine (C=N–C) groups is 1. The van der Waals surface area contributed by atoms with Crippen LogP contribution in [0, 0.1) is 13.8 Å². The lowest BCUT2D eigenvalue weighted by Crippen LogP contribution is -2.28. The lowest BCUT2D eigenvalue weighted by atomic mass is 10.1. The normalized spacial score (nSPS) is 19.0. The van der Waals surface area contributed by atoms with E-state index in [2.05, 4.69) is 15.6 Å². The molecule has 0 aromatic heterocycles. The van der Waals surface area contributed by atoms with Crippen molar-refractivity contribution in [3.63, 3.8) is 0 Å². The Kier molecular flexibility index (Phi) is 6.18. The summed E-state index contributed by atoms with van der Waals surface area (Å²) in [6.45, 7) is 4.89. The molecule has 2 N–H and O–H groups in total. The highest BCUT2D eigenvalue weighted by Crippen LogP contribution is 2.23. The molecule has 23 heavy (non-hydrogen) atoms. The second kappa shape index (κ2) is 8.12. The quantitative estimate of drug-likeness (QED) is 0.778. The van der Waals surface area contributed by atoms with Gasteiger partial charge < -0.3 is 15.4 Å². The fraction of sp³-hybridized carbons (Fsp3) is 0.438. The lowest BCUT2D eigenvalue weighted by Gasteiger charge is -2.10. The highest BCUT2D eigenvalue weighted by Gasteiger charge is 2.31. The van der Waals surface area contributed by atoms with Gasteiger partial charge >= 0.3 is 0 Å². The van der Waals surface area contributed by atoms with Crippen LogP contribution in [0.4, 0.5) is 5.69 Å². The first-order chi connectivity index (χ1) is 11.0. The van der Waals surface area contributed by atoms with Crippen molar-refractivity contribution in [1.82, 2.24) is 5.32 Å². The molecular weight excluding hydrogens is 314 g/mol. The Bertz CT molecular complexity index is 631. The van der Waals surface area contributed by atoms with Gasteiger partial charge in [0.1, 0.15) is 5.25 Å². The van der Waals surface area contributed by atoms with Crippen LogP contribution in [-0.2, 0) is 14.3 Å². The van der Waals surface area contributed by atoms with E-state index in [1.807, 2.05) is 32.0 Å². The van der Waals surface area contributed by atoms with Gasteiger partial charge in [-0.1, -0.05) is 23.9 Å². The zero-order chi connectivity index (χ0) is 16.8. The van der Waals surface area contributed by atoms with Crippen LogP contribution in [0.1, 0.15) is 17.5 Å². The number of thioether (sulfide) groups is 1. The topological polar surface area (TPSA) is 79.8 Å². The molecule has 0 bridgehead atoms. The van der Waals surface area contributed by atoms with Crippen molar-refractivity contribution in [1.29, 1.82) is 0 Å². The Hall–Kier alpha value is -1.86. The first kappa shape index (κ1) is 17.5. The summed E-state index contributed by atoms with van der Waals surface area (Å²) < 4.78 is 4.91. The van der Waals surface area contributed by atoms with Gasteiger partial charge in [0.15, 0.2) is 5.17 Å². The molecule has 2 rings (SSSR count). The minimum atomic E-state index is -0.443. The van der Waals surface area contributed by atoms with Crippen molar-refractivity contribution in [2.45, 2.75) is 25.5 Å². The number of nitrogens with zero attached hydrogens (tertiary/aromatic N) is 1. The molecule has 7 heteroatoms. The minimum absolute atomic E-state index is 0.118. The summed E-state index contributed by atoms with van der Waals surface area (Å²) in [5, 5.41) is 5.67. The number of anilines is 1. The SMILES string of the molecule is COCCN=C1NC(=O)[C@H](CC(=O)Nc2cc(C)ccc2C)S1. The van der Waals surface area contributed by atoms with Crippen LogP contribution < -0.4 is 10.6 Å². The number of aryl methyl sites for hydroxylation is 2. The van der Waals surface area contributed by atoms with Gasteiger partial charge in [0.25, 0.3) is 0 Å². The average Bonchev–Trinajstić information content (AvgIpc) is 2.83. The third-order valence-corrected chi connectivity index (χ3v) is 4.48. The second-order valence-electron chi connectivity index (χ2n) is 5.35. The molecule has 1 aliphatic rings. The Morgan fingerprint density at radius 3 is 2.96 bits per heavy atom. The van der Waals surface area contributed by atoms with Gasteiger partial charge in [0, 0.05) is 19.2 Å². The number of ether oxygens (including phenoxy) is 1. The van der Waals surface area contributed by atoms with Crippen LogP contribution in [0.3, 0.4) is 0 Å². The first-order valence-corrected chi connectivity index (χ1v) is 8.25. The van der Waals surface area contributed by atoms with Crippen molar-refractivity contribution >= 4 is 34.4 Å². The van der Waals surface area contributed by atoms with E-state index in [0.29, 0.717) is 18.3 Å².